The van der Waals surface area contributed by atoms with E-state index in [-0.39, 0.29) is 0 Å². The summed E-state index contributed by atoms with van der Waals surface area (Å²) in [4.78, 5) is 2.53. The van der Waals surface area contributed by atoms with E-state index in [2.05, 4.69) is 11.8 Å². The van der Waals surface area contributed by atoms with Gasteiger partial charge in [0.05, 0.1) is 13.2 Å². The molecular formula is C11H23NO2. The van der Waals surface area contributed by atoms with Crippen LogP contribution in [0.5, 0.6) is 0 Å². The highest BCUT2D eigenvalue weighted by molar-refractivity contribution is 4.73. The van der Waals surface area contributed by atoms with Crippen LogP contribution in [0.2, 0.25) is 0 Å². The molecule has 84 valence electrons. The lowest BCUT2D eigenvalue weighted by Gasteiger charge is -2.35. The zero-order valence-corrected chi connectivity index (χ0v) is 9.24. The average Bonchev–Trinajstić information content (AvgIpc) is 2.25. The summed E-state index contributed by atoms with van der Waals surface area (Å²) in [5, 5.41) is 8.67. The van der Waals surface area contributed by atoms with Crippen molar-refractivity contribution in [3.63, 3.8) is 0 Å². The third-order valence-corrected chi connectivity index (χ3v) is 2.92. The zero-order chi connectivity index (χ0) is 10.2. The van der Waals surface area contributed by atoms with Gasteiger partial charge in [-0.25, -0.2) is 0 Å². The Balaban J connectivity index is 2.13. The Labute approximate surface area is 87.1 Å². The Morgan fingerprint density at radius 3 is 2.93 bits per heavy atom. The Bertz CT molecular complexity index is 141. The van der Waals surface area contributed by atoms with E-state index in [0.717, 1.165) is 32.6 Å². The van der Waals surface area contributed by atoms with Gasteiger partial charge in [0.15, 0.2) is 0 Å². The Hall–Kier alpha value is -0.120. The molecule has 0 aromatic carbocycles. The van der Waals surface area contributed by atoms with Crippen LogP contribution in [0.15, 0.2) is 0 Å². The van der Waals surface area contributed by atoms with E-state index >= 15 is 0 Å². The summed E-state index contributed by atoms with van der Waals surface area (Å²) in [7, 11) is 0. The smallest absolute Gasteiger partial charge is 0.0622 e. The van der Waals surface area contributed by atoms with Crippen LogP contribution in [0, 0.1) is 0 Å². The Kier molecular flexibility index (Phi) is 6.15. The third kappa shape index (κ3) is 3.95. The fourth-order valence-electron chi connectivity index (χ4n) is 1.96. The van der Waals surface area contributed by atoms with Crippen LogP contribution in [-0.2, 0) is 4.74 Å². The number of aliphatic hydroxyl groups is 1. The van der Waals surface area contributed by atoms with E-state index in [9.17, 15) is 0 Å². The number of aliphatic hydroxyl groups excluding tert-OH is 1. The van der Waals surface area contributed by atoms with Gasteiger partial charge in [0.25, 0.3) is 0 Å². The van der Waals surface area contributed by atoms with Gasteiger partial charge in [0.2, 0.25) is 0 Å². The highest BCUT2D eigenvalue weighted by Crippen LogP contribution is 2.11. The van der Waals surface area contributed by atoms with Gasteiger partial charge in [-0.1, -0.05) is 6.92 Å². The molecule has 0 aromatic heterocycles. The van der Waals surface area contributed by atoms with Crippen molar-refractivity contribution in [2.75, 3.05) is 32.9 Å². The van der Waals surface area contributed by atoms with E-state index in [1.165, 1.54) is 19.4 Å². The lowest BCUT2D eigenvalue weighted by atomic mass is 10.1. The highest BCUT2D eigenvalue weighted by Gasteiger charge is 2.20. The van der Waals surface area contributed by atoms with Crippen LogP contribution < -0.4 is 0 Å². The molecule has 0 aliphatic carbocycles. The lowest BCUT2D eigenvalue weighted by Crippen LogP contribution is -2.45. The number of hydrogen-bond donors (Lipinski definition) is 1. The van der Waals surface area contributed by atoms with E-state index in [4.69, 9.17) is 9.84 Å². The molecule has 1 fully saturated rings. The van der Waals surface area contributed by atoms with Crippen molar-refractivity contribution in [3.8, 4) is 0 Å². The van der Waals surface area contributed by atoms with Crippen LogP contribution in [0.3, 0.4) is 0 Å². The molecule has 0 amide bonds. The molecule has 1 unspecified atom stereocenters. The largest absolute Gasteiger partial charge is 0.396 e. The summed E-state index contributed by atoms with van der Waals surface area (Å²) < 4.78 is 5.45. The van der Waals surface area contributed by atoms with E-state index in [1.54, 1.807) is 0 Å². The van der Waals surface area contributed by atoms with Crippen molar-refractivity contribution in [1.29, 1.82) is 0 Å². The fraction of sp³-hybridized carbons (Fsp3) is 1.00. The molecule has 0 saturated carbocycles. The zero-order valence-electron chi connectivity index (χ0n) is 9.24. The standard InChI is InChI=1S/C11H23NO2/c1-2-11-10-14-9-7-12(11)6-4-3-5-8-13/h11,13H,2-10H2,1H3. The molecule has 1 aliphatic heterocycles. The molecule has 0 aromatic rings. The number of morpholine rings is 1. The minimum absolute atomic E-state index is 0.334. The molecule has 14 heavy (non-hydrogen) atoms. The van der Waals surface area contributed by atoms with Gasteiger partial charge < -0.3 is 9.84 Å². The SMILES string of the molecule is CCC1COCCN1CCCCCO. The van der Waals surface area contributed by atoms with Crippen molar-refractivity contribution >= 4 is 0 Å². The first-order valence-electron chi connectivity index (χ1n) is 5.81. The Morgan fingerprint density at radius 1 is 1.36 bits per heavy atom. The van der Waals surface area contributed by atoms with Crippen LogP contribution >= 0.6 is 0 Å². The highest BCUT2D eigenvalue weighted by atomic mass is 16.5. The third-order valence-electron chi connectivity index (χ3n) is 2.92. The summed E-state index contributed by atoms with van der Waals surface area (Å²) in [6.45, 7) is 6.59. The average molecular weight is 201 g/mol. The predicted molar refractivity (Wildman–Crippen MR) is 57.4 cm³/mol. The van der Waals surface area contributed by atoms with Crippen molar-refractivity contribution in [3.05, 3.63) is 0 Å². The molecule has 3 nitrogen and oxygen atoms in total. The monoisotopic (exact) mass is 201 g/mol. The molecule has 1 rings (SSSR count). The van der Waals surface area contributed by atoms with Gasteiger partial charge in [-0.2, -0.15) is 0 Å². The summed E-state index contributed by atoms with van der Waals surface area (Å²) in [5.74, 6) is 0. The topological polar surface area (TPSA) is 32.7 Å². The number of hydrogen-bond acceptors (Lipinski definition) is 3. The molecule has 1 N–H and O–H groups in total. The molecule has 1 aliphatic rings. The van der Waals surface area contributed by atoms with Gasteiger partial charge in [0, 0.05) is 19.2 Å². The summed E-state index contributed by atoms with van der Waals surface area (Å²) in [5.41, 5.74) is 0. The first-order chi connectivity index (χ1) is 6.88. The maximum Gasteiger partial charge on any atom is 0.0622 e. The normalized spacial score (nSPS) is 24.0. The Morgan fingerprint density at radius 2 is 2.21 bits per heavy atom. The maximum atomic E-state index is 8.67. The van der Waals surface area contributed by atoms with Crippen molar-refractivity contribution < 1.29 is 9.84 Å². The number of unbranched alkanes of at least 4 members (excludes halogenated alkanes) is 2. The molecule has 3 heteroatoms. The molecule has 0 radical (unpaired) electrons. The second-order valence-electron chi connectivity index (χ2n) is 3.96. The van der Waals surface area contributed by atoms with Gasteiger partial charge in [-0.15, -0.1) is 0 Å². The van der Waals surface area contributed by atoms with Crippen molar-refractivity contribution in [2.24, 2.45) is 0 Å². The quantitative estimate of drug-likeness (QED) is 0.657. The minimum Gasteiger partial charge on any atom is -0.396 e. The summed E-state index contributed by atoms with van der Waals surface area (Å²) in [6, 6.07) is 0.623. The maximum absolute atomic E-state index is 8.67. The first-order valence-corrected chi connectivity index (χ1v) is 5.81. The molecule has 0 spiro atoms. The van der Waals surface area contributed by atoms with E-state index in [0.29, 0.717) is 12.6 Å². The van der Waals surface area contributed by atoms with Crippen molar-refractivity contribution in [2.45, 2.75) is 38.6 Å². The molecule has 1 saturated heterocycles. The molecule has 1 atom stereocenters. The van der Waals surface area contributed by atoms with E-state index in [1.807, 2.05) is 0 Å². The van der Waals surface area contributed by atoms with Crippen molar-refractivity contribution in [1.82, 2.24) is 4.90 Å². The van der Waals surface area contributed by atoms with Crippen LogP contribution in [-0.4, -0.2) is 49.0 Å². The molecular weight excluding hydrogens is 178 g/mol. The van der Waals surface area contributed by atoms with Gasteiger partial charge in [-0.3, -0.25) is 4.90 Å². The summed E-state index contributed by atoms with van der Waals surface area (Å²) >= 11 is 0. The van der Waals surface area contributed by atoms with Gasteiger partial charge >= 0.3 is 0 Å². The van der Waals surface area contributed by atoms with Gasteiger partial charge in [0.1, 0.15) is 0 Å². The fourth-order valence-corrected chi connectivity index (χ4v) is 1.96. The minimum atomic E-state index is 0.334. The predicted octanol–water partition coefficient (Wildman–Crippen LogP) is 1.26. The lowest BCUT2D eigenvalue weighted by molar-refractivity contribution is -0.00926. The van der Waals surface area contributed by atoms with Gasteiger partial charge in [-0.05, 0) is 32.2 Å². The van der Waals surface area contributed by atoms with Crippen LogP contribution in [0.25, 0.3) is 0 Å². The number of nitrogens with zero attached hydrogens (tertiary/aromatic N) is 1. The molecule has 0 bridgehead atoms. The molecule has 1 heterocycles. The van der Waals surface area contributed by atoms with Crippen LogP contribution in [0.1, 0.15) is 32.6 Å². The second-order valence-corrected chi connectivity index (χ2v) is 3.96. The first kappa shape index (κ1) is 12.0. The number of ether oxygens (including phenoxy) is 1. The summed E-state index contributed by atoms with van der Waals surface area (Å²) in [6.07, 6.45) is 4.47. The number of rotatable bonds is 6. The van der Waals surface area contributed by atoms with Crippen LogP contribution in [0.4, 0.5) is 0 Å². The van der Waals surface area contributed by atoms with E-state index < -0.39 is 0 Å². The second kappa shape index (κ2) is 7.21.